The summed E-state index contributed by atoms with van der Waals surface area (Å²) in [6.07, 6.45) is 3.47. The second kappa shape index (κ2) is 5.59. The smallest absolute Gasteiger partial charge is 0.231 e. The fraction of sp³-hybridized carbons (Fsp3) is 0.312. The Kier molecular flexibility index (Phi) is 3.65. The summed E-state index contributed by atoms with van der Waals surface area (Å²) < 4.78 is 15.3. The molecule has 2 aromatic rings. The highest BCUT2D eigenvalue weighted by molar-refractivity contribution is 5.80. The minimum Gasteiger partial charge on any atom is -0.312 e. The van der Waals surface area contributed by atoms with Crippen molar-refractivity contribution in [2.75, 3.05) is 6.54 Å². The molecule has 0 radical (unpaired) electrons. The van der Waals surface area contributed by atoms with Crippen molar-refractivity contribution in [2.45, 2.75) is 25.8 Å². The molecule has 2 heterocycles. The first-order chi connectivity index (χ1) is 9.75. The molecule has 0 spiro atoms. The summed E-state index contributed by atoms with van der Waals surface area (Å²) in [6, 6.07) is 8.62. The zero-order valence-corrected chi connectivity index (χ0v) is 11.2. The Morgan fingerprint density at radius 1 is 1.30 bits per heavy atom. The van der Waals surface area contributed by atoms with E-state index in [0.29, 0.717) is 18.4 Å². The Morgan fingerprint density at radius 2 is 2.15 bits per heavy atom. The summed E-state index contributed by atoms with van der Waals surface area (Å²) in [7, 11) is 0. The van der Waals surface area contributed by atoms with Gasteiger partial charge in [-0.25, -0.2) is 4.39 Å². The molecule has 1 N–H and O–H groups in total. The van der Waals surface area contributed by atoms with Gasteiger partial charge >= 0.3 is 0 Å². The minimum absolute atomic E-state index is 0.0383. The molecule has 3 nitrogen and oxygen atoms in total. The lowest BCUT2D eigenvalue weighted by Crippen LogP contribution is -2.26. The molecule has 0 aliphatic carbocycles. The number of hydrogen-bond donors (Lipinski definition) is 1. The Balaban J connectivity index is 1.71. The number of hydrogen-bond acceptors (Lipinski definition) is 2. The molecule has 0 fully saturated rings. The first kappa shape index (κ1) is 13.1. The van der Waals surface area contributed by atoms with Crippen LogP contribution in [0.1, 0.15) is 28.0 Å². The summed E-state index contributed by atoms with van der Waals surface area (Å²) in [4.78, 5) is 12.3. The van der Waals surface area contributed by atoms with Gasteiger partial charge in [-0.1, -0.05) is 18.2 Å². The molecule has 4 heteroatoms. The molecule has 1 aromatic heterocycles. The Labute approximate surface area is 117 Å². The summed E-state index contributed by atoms with van der Waals surface area (Å²) >= 11 is 0. The van der Waals surface area contributed by atoms with E-state index in [0.717, 1.165) is 25.2 Å². The highest BCUT2D eigenvalue weighted by Crippen LogP contribution is 2.17. The van der Waals surface area contributed by atoms with Crippen molar-refractivity contribution < 1.29 is 9.18 Å². The molecule has 0 unspecified atom stereocenters. The lowest BCUT2D eigenvalue weighted by Gasteiger charge is -2.16. The van der Waals surface area contributed by atoms with Crippen LogP contribution in [0.3, 0.4) is 0 Å². The van der Waals surface area contributed by atoms with Crippen LogP contribution in [0.25, 0.3) is 0 Å². The number of nitrogens with one attached hydrogen (secondary N) is 1. The van der Waals surface area contributed by atoms with Crippen molar-refractivity contribution >= 4 is 5.91 Å². The van der Waals surface area contributed by atoms with Crippen LogP contribution in [0.15, 0.2) is 36.5 Å². The lowest BCUT2D eigenvalue weighted by molar-refractivity contribution is 0.0899. The van der Waals surface area contributed by atoms with Crippen molar-refractivity contribution in [1.29, 1.82) is 0 Å². The van der Waals surface area contributed by atoms with Crippen molar-refractivity contribution in [1.82, 2.24) is 9.88 Å². The van der Waals surface area contributed by atoms with E-state index in [9.17, 15) is 9.18 Å². The molecule has 3 rings (SSSR count). The van der Waals surface area contributed by atoms with Crippen LogP contribution in [-0.2, 0) is 19.4 Å². The molecule has 0 amide bonds. The Bertz CT molecular complexity index is 633. The molecular formula is C16H17FN2O. The third-order valence-corrected chi connectivity index (χ3v) is 3.78. The van der Waals surface area contributed by atoms with Gasteiger partial charge in [-0.3, -0.25) is 9.36 Å². The lowest BCUT2D eigenvalue weighted by atomic mass is 10.1. The van der Waals surface area contributed by atoms with Crippen molar-refractivity contribution in [3.05, 3.63) is 59.2 Å². The second-order valence-electron chi connectivity index (χ2n) is 5.07. The first-order valence-electron chi connectivity index (χ1n) is 6.92. The first-order valence-corrected chi connectivity index (χ1v) is 6.92. The van der Waals surface area contributed by atoms with Gasteiger partial charge in [-0.15, -0.1) is 0 Å². The number of benzene rings is 1. The molecule has 1 aliphatic rings. The van der Waals surface area contributed by atoms with Gasteiger partial charge in [-0.05, 0) is 29.7 Å². The third kappa shape index (κ3) is 2.51. The number of halogens is 1. The summed E-state index contributed by atoms with van der Waals surface area (Å²) in [5.74, 6) is -0.199. The van der Waals surface area contributed by atoms with Crippen LogP contribution < -0.4 is 5.32 Å². The highest BCUT2D eigenvalue weighted by Gasteiger charge is 2.17. The van der Waals surface area contributed by atoms with Crippen LogP contribution in [-0.4, -0.2) is 17.0 Å². The van der Waals surface area contributed by atoms with Crippen LogP contribution in [0.4, 0.5) is 4.39 Å². The van der Waals surface area contributed by atoms with Gasteiger partial charge in [-0.2, -0.15) is 0 Å². The van der Waals surface area contributed by atoms with E-state index in [4.69, 9.17) is 0 Å². The van der Waals surface area contributed by atoms with Gasteiger partial charge in [0.05, 0.1) is 0 Å². The van der Waals surface area contributed by atoms with E-state index >= 15 is 0 Å². The van der Waals surface area contributed by atoms with Crippen LogP contribution in [0.2, 0.25) is 0 Å². The number of fused-ring (bicyclic) bond motifs is 1. The van der Waals surface area contributed by atoms with E-state index in [1.807, 2.05) is 12.3 Å². The zero-order chi connectivity index (χ0) is 13.9. The number of nitrogens with zero attached hydrogens (tertiary/aromatic N) is 1. The molecule has 1 aromatic carbocycles. The number of aryl methyl sites for hydroxylation is 1. The molecule has 0 saturated carbocycles. The van der Waals surface area contributed by atoms with Gasteiger partial charge in [0.1, 0.15) is 5.82 Å². The Hall–Kier alpha value is -1.94. The highest BCUT2D eigenvalue weighted by atomic mass is 19.1. The summed E-state index contributed by atoms with van der Waals surface area (Å²) in [6.45, 7) is 1.72. The second-order valence-corrected chi connectivity index (χ2v) is 5.07. The maximum absolute atomic E-state index is 13.5. The minimum atomic E-state index is -0.237. The van der Waals surface area contributed by atoms with Gasteiger partial charge in [0.15, 0.2) is 0 Å². The molecular weight excluding hydrogens is 255 g/mol. The van der Waals surface area contributed by atoms with Gasteiger partial charge in [0, 0.05) is 37.8 Å². The number of aromatic nitrogens is 1. The van der Waals surface area contributed by atoms with Crippen LogP contribution in [0, 0.1) is 5.82 Å². The average molecular weight is 272 g/mol. The van der Waals surface area contributed by atoms with E-state index in [2.05, 4.69) is 5.32 Å². The van der Waals surface area contributed by atoms with Gasteiger partial charge in [0.25, 0.3) is 0 Å². The molecule has 0 bridgehead atoms. The SMILES string of the molecule is O=C(CCc1ccccc1F)n1ccc2c1CCNC2. The van der Waals surface area contributed by atoms with E-state index in [1.165, 1.54) is 11.6 Å². The van der Waals surface area contributed by atoms with Gasteiger partial charge < -0.3 is 5.32 Å². The van der Waals surface area contributed by atoms with Crippen molar-refractivity contribution in [2.24, 2.45) is 0 Å². The van der Waals surface area contributed by atoms with E-state index in [-0.39, 0.29) is 11.7 Å². The third-order valence-electron chi connectivity index (χ3n) is 3.78. The predicted molar refractivity (Wildman–Crippen MR) is 75.2 cm³/mol. The fourth-order valence-corrected chi connectivity index (χ4v) is 2.67. The van der Waals surface area contributed by atoms with Gasteiger partial charge in [0.2, 0.25) is 5.91 Å². The maximum atomic E-state index is 13.5. The summed E-state index contributed by atoms with van der Waals surface area (Å²) in [5.41, 5.74) is 2.89. The van der Waals surface area contributed by atoms with E-state index < -0.39 is 0 Å². The molecule has 1 aliphatic heterocycles. The maximum Gasteiger partial charge on any atom is 0.231 e. The standard InChI is InChI=1S/C16H17FN2O/c17-14-4-2-1-3-12(14)5-6-16(20)19-10-8-13-11-18-9-7-15(13)19/h1-4,8,10,18H,5-7,9,11H2. The molecule has 0 saturated heterocycles. The quantitative estimate of drug-likeness (QED) is 0.931. The van der Waals surface area contributed by atoms with Crippen LogP contribution >= 0.6 is 0 Å². The van der Waals surface area contributed by atoms with Crippen molar-refractivity contribution in [3.8, 4) is 0 Å². The number of carbonyl (C=O) groups is 1. The monoisotopic (exact) mass is 272 g/mol. The summed E-state index contributed by atoms with van der Waals surface area (Å²) in [5, 5.41) is 3.28. The van der Waals surface area contributed by atoms with Crippen molar-refractivity contribution in [3.63, 3.8) is 0 Å². The average Bonchev–Trinajstić information content (AvgIpc) is 2.90. The zero-order valence-electron chi connectivity index (χ0n) is 11.2. The predicted octanol–water partition coefficient (Wildman–Crippen LogP) is 2.55. The molecule has 20 heavy (non-hydrogen) atoms. The van der Waals surface area contributed by atoms with Crippen LogP contribution in [0.5, 0.6) is 0 Å². The fourth-order valence-electron chi connectivity index (χ4n) is 2.67. The number of carbonyl (C=O) groups excluding carboxylic acids is 1. The molecule has 0 atom stereocenters. The van der Waals surface area contributed by atoms with E-state index in [1.54, 1.807) is 22.8 Å². The topological polar surface area (TPSA) is 34.0 Å². The number of rotatable bonds is 3. The largest absolute Gasteiger partial charge is 0.312 e. The normalized spacial score (nSPS) is 14.1. The molecule has 104 valence electrons. The Morgan fingerprint density at radius 3 is 3.00 bits per heavy atom.